The van der Waals surface area contributed by atoms with Crippen molar-refractivity contribution in [2.24, 2.45) is 5.92 Å². The van der Waals surface area contributed by atoms with E-state index in [1.54, 1.807) is 24.3 Å². The summed E-state index contributed by atoms with van der Waals surface area (Å²) >= 11 is 6.24. The first-order chi connectivity index (χ1) is 15.6. The van der Waals surface area contributed by atoms with Crippen molar-refractivity contribution in [2.75, 3.05) is 0 Å². The number of hydrogen-bond acceptors (Lipinski definition) is 6. The summed E-state index contributed by atoms with van der Waals surface area (Å²) in [6.45, 7) is 7.29. The quantitative estimate of drug-likeness (QED) is 0.488. The molecule has 0 saturated carbocycles. The Kier molecular flexibility index (Phi) is 7.15. The Bertz CT molecular complexity index is 1140. The second kappa shape index (κ2) is 9.68. The normalized spacial score (nSPS) is 22.2. The summed E-state index contributed by atoms with van der Waals surface area (Å²) < 4.78 is 0. The summed E-state index contributed by atoms with van der Waals surface area (Å²) in [5, 5.41) is 11.5. The molecule has 2 aliphatic rings. The van der Waals surface area contributed by atoms with Crippen molar-refractivity contribution in [3.8, 4) is 0 Å². The number of fused-ring (bicyclic) bond motifs is 1. The molecule has 0 fully saturated rings. The summed E-state index contributed by atoms with van der Waals surface area (Å²) in [6.07, 6.45) is 12.7. The average Bonchev–Trinajstić information content (AvgIpc) is 2.81. The van der Waals surface area contributed by atoms with E-state index in [-0.39, 0.29) is 16.2 Å². The second-order valence-electron chi connectivity index (χ2n) is 8.25. The van der Waals surface area contributed by atoms with Crippen LogP contribution in [0.25, 0.3) is 0 Å². The molecule has 0 spiro atoms. The minimum Gasteiger partial charge on any atom is -0.374 e. The summed E-state index contributed by atoms with van der Waals surface area (Å²) in [7, 11) is 0. The van der Waals surface area contributed by atoms with Gasteiger partial charge in [-0.05, 0) is 44.1 Å². The number of nitrogens with one attached hydrogen (secondary N) is 1. The zero-order valence-electron chi connectivity index (χ0n) is 18.9. The van der Waals surface area contributed by atoms with Crippen LogP contribution >= 0.6 is 11.6 Å². The molecule has 8 heteroatoms. The molecular weight excluding hydrogens is 442 g/mol. The molecule has 0 unspecified atom stereocenters. The Balaban J connectivity index is 2.04. The summed E-state index contributed by atoms with van der Waals surface area (Å²) in [6, 6.07) is 3.12. The van der Waals surface area contributed by atoms with Crippen molar-refractivity contribution in [1.82, 2.24) is 15.4 Å². The molecule has 2 atom stereocenters. The maximum atomic E-state index is 12.8. The molecule has 1 aliphatic carbocycles. The lowest BCUT2D eigenvalue weighted by Gasteiger charge is -2.33. The van der Waals surface area contributed by atoms with Crippen molar-refractivity contribution < 1.29 is 19.5 Å². The lowest BCUT2D eigenvalue weighted by molar-refractivity contribution is -0.144. The van der Waals surface area contributed by atoms with Crippen LogP contribution in [0.5, 0.6) is 0 Å². The zero-order chi connectivity index (χ0) is 24.3. The van der Waals surface area contributed by atoms with E-state index in [1.165, 1.54) is 23.6 Å². The highest BCUT2D eigenvalue weighted by molar-refractivity contribution is 6.49. The highest BCUT2D eigenvalue weighted by atomic mass is 35.5. The molecule has 2 N–H and O–H groups in total. The Morgan fingerprint density at radius 2 is 1.97 bits per heavy atom. The zero-order valence-corrected chi connectivity index (χ0v) is 19.7. The van der Waals surface area contributed by atoms with E-state index in [1.807, 2.05) is 13.0 Å². The van der Waals surface area contributed by atoms with E-state index in [0.29, 0.717) is 17.2 Å². The van der Waals surface area contributed by atoms with E-state index in [0.717, 1.165) is 18.9 Å². The van der Waals surface area contributed by atoms with Crippen LogP contribution in [-0.4, -0.2) is 38.2 Å². The number of nitrogens with zero attached hydrogens (tertiary/aromatic N) is 2. The molecule has 1 amide bonds. The van der Waals surface area contributed by atoms with E-state index >= 15 is 0 Å². The van der Waals surface area contributed by atoms with Crippen LogP contribution in [0.15, 0.2) is 82.5 Å². The minimum atomic E-state index is -2.27. The van der Waals surface area contributed by atoms with Crippen molar-refractivity contribution in [3.05, 3.63) is 88.0 Å². The van der Waals surface area contributed by atoms with Gasteiger partial charge < -0.3 is 5.11 Å². The lowest BCUT2D eigenvalue weighted by Crippen LogP contribution is -2.49. The van der Waals surface area contributed by atoms with E-state index in [4.69, 9.17) is 11.6 Å². The van der Waals surface area contributed by atoms with Crippen molar-refractivity contribution in [3.63, 3.8) is 0 Å². The number of carbonyl (C=O) groups excluding carboxylic acids is 3. The van der Waals surface area contributed by atoms with Crippen molar-refractivity contribution in [2.45, 2.75) is 39.7 Å². The van der Waals surface area contributed by atoms with Crippen LogP contribution in [0.2, 0.25) is 0 Å². The van der Waals surface area contributed by atoms with Crippen molar-refractivity contribution >= 4 is 29.1 Å². The largest absolute Gasteiger partial charge is 0.374 e. The number of aromatic nitrogens is 1. The summed E-state index contributed by atoms with van der Waals surface area (Å²) in [5.41, 5.74) is 2.56. The van der Waals surface area contributed by atoms with Gasteiger partial charge in [0.1, 0.15) is 0 Å². The Hall–Kier alpha value is -3.29. The van der Waals surface area contributed by atoms with Crippen LogP contribution in [0.1, 0.15) is 44.5 Å². The molecule has 2 heterocycles. The van der Waals surface area contributed by atoms with E-state index < -0.39 is 23.1 Å². The molecular formula is C25H26ClN3O4. The van der Waals surface area contributed by atoms with Crippen LogP contribution in [-0.2, 0) is 9.59 Å². The van der Waals surface area contributed by atoms with Crippen LogP contribution in [0.3, 0.4) is 0 Å². The molecule has 0 saturated heterocycles. The molecule has 1 aliphatic heterocycles. The van der Waals surface area contributed by atoms with Gasteiger partial charge in [0.05, 0.1) is 10.7 Å². The molecule has 7 nitrogen and oxygen atoms in total. The first-order valence-electron chi connectivity index (χ1n) is 10.6. The number of aliphatic hydroxyl groups is 1. The molecule has 1 aromatic rings. The smallest absolute Gasteiger partial charge is 0.270 e. The third-order valence-corrected chi connectivity index (χ3v) is 5.93. The summed E-state index contributed by atoms with van der Waals surface area (Å²) in [5.74, 6) is -1.67. The Morgan fingerprint density at radius 3 is 2.61 bits per heavy atom. The minimum absolute atomic E-state index is 0.0312. The van der Waals surface area contributed by atoms with Crippen LogP contribution in [0.4, 0.5) is 0 Å². The van der Waals surface area contributed by atoms with Gasteiger partial charge in [-0.25, -0.2) is 0 Å². The number of carbonyl (C=O) groups is 3. The Labute approximate surface area is 197 Å². The number of rotatable bonds is 6. The monoisotopic (exact) mass is 467 g/mol. The van der Waals surface area contributed by atoms with E-state index in [2.05, 4.69) is 30.3 Å². The van der Waals surface area contributed by atoms with Crippen LogP contribution in [0, 0.1) is 5.92 Å². The third-order valence-electron chi connectivity index (χ3n) is 5.56. The average molecular weight is 468 g/mol. The summed E-state index contributed by atoms with van der Waals surface area (Å²) in [4.78, 5) is 42.0. The number of pyridine rings is 1. The molecule has 172 valence electrons. The van der Waals surface area contributed by atoms with Crippen LogP contribution < -0.4 is 5.43 Å². The third kappa shape index (κ3) is 5.05. The number of amides is 1. The van der Waals surface area contributed by atoms with Gasteiger partial charge in [-0.15, -0.1) is 0 Å². The molecule has 33 heavy (non-hydrogen) atoms. The molecule has 3 rings (SSSR count). The molecule has 1 aromatic heterocycles. The first-order valence-corrected chi connectivity index (χ1v) is 11.0. The molecule has 0 radical (unpaired) electrons. The van der Waals surface area contributed by atoms with E-state index in [9.17, 15) is 19.5 Å². The highest BCUT2D eigenvalue weighted by Gasteiger charge is 2.48. The predicted molar refractivity (Wildman–Crippen MR) is 126 cm³/mol. The fraction of sp³-hybridized carbons (Fsp3) is 0.280. The highest BCUT2D eigenvalue weighted by Crippen LogP contribution is 2.37. The molecule has 0 aromatic carbocycles. The van der Waals surface area contributed by atoms with Gasteiger partial charge in [0.15, 0.2) is 5.60 Å². The molecule has 0 bridgehead atoms. The van der Waals surface area contributed by atoms with Gasteiger partial charge in [0, 0.05) is 35.3 Å². The van der Waals surface area contributed by atoms with Gasteiger partial charge in [0.2, 0.25) is 11.6 Å². The number of hydrogen-bond donors (Lipinski definition) is 2. The Morgan fingerprint density at radius 1 is 1.30 bits per heavy atom. The number of Topliss-reactive ketones (excluding diaryl/α,β-unsaturated/α-hetero) is 2. The maximum absolute atomic E-state index is 12.8. The maximum Gasteiger partial charge on any atom is 0.270 e. The SMILES string of the molecule is CC[C@H](C)/C=C(C)/C=C/C1=CC2=C(Cl)C(=O)[C@](C)(O)C(=O)C2=CN1NC(=O)c1ccncc1. The van der Waals surface area contributed by atoms with Gasteiger partial charge >= 0.3 is 0 Å². The fourth-order valence-corrected chi connectivity index (χ4v) is 3.71. The topological polar surface area (TPSA) is 99.6 Å². The fourth-order valence-electron chi connectivity index (χ4n) is 3.37. The van der Waals surface area contributed by atoms with Gasteiger partial charge in [-0.2, -0.15) is 0 Å². The standard InChI is InChI=1S/C25H26ClN3O4/c1-5-15(2)12-16(3)6-7-18-13-19-20(22(30)25(4,33)23(31)21(19)26)14-29(18)28-24(32)17-8-10-27-11-9-17/h6-15,33H,5H2,1-4H3,(H,28,32)/b7-6+,16-12+/t15-,25+/m0/s1. The van der Waals surface area contributed by atoms with Gasteiger partial charge in [0.25, 0.3) is 5.91 Å². The first kappa shape index (κ1) is 24.4. The van der Waals surface area contributed by atoms with Crippen molar-refractivity contribution in [1.29, 1.82) is 0 Å². The number of halogens is 1. The number of hydrazine groups is 1. The predicted octanol–water partition coefficient (Wildman–Crippen LogP) is 3.75. The second-order valence-corrected chi connectivity index (χ2v) is 8.62. The van der Waals surface area contributed by atoms with Gasteiger partial charge in [-0.1, -0.05) is 49.6 Å². The van der Waals surface area contributed by atoms with Gasteiger partial charge in [-0.3, -0.25) is 29.8 Å². The number of allylic oxidation sites excluding steroid dienone is 6. The lowest BCUT2D eigenvalue weighted by atomic mass is 9.80. The number of ketones is 2.